The molecule has 5 heteroatoms. The summed E-state index contributed by atoms with van der Waals surface area (Å²) in [6.07, 6.45) is 2.09. The van der Waals surface area contributed by atoms with E-state index in [1.807, 2.05) is 29.5 Å². The molecule has 1 atom stereocenters. The number of nitrogens with one attached hydrogen (secondary N) is 1. The third-order valence-electron chi connectivity index (χ3n) is 2.59. The maximum atomic E-state index is 11.6. The minimum absolute atomic E-state index is 0.0383. The van der Waals surface area contributed by atoms with Gasteiger partial charge in [-0.3, -0.25) is 4.79 Å². The average Bonchev–Trinajstić information content (AvgIpc) is 2.26. The Kier molecular flexibility index (Phi) is 3.40. The van der Waals surface area contributed by atoms with Crippen LogP contribution in [0.5, 0.6) is 0 Å². The SMILES string of the molecule is Cc1nc(C2CCCOC2)[nH]c(=O)c1I. The predicted octanol–water partition coefficient (Wildman–Crippen LogP) is 1.58. The van der Waals surface area contributed by atoms with Gasteiger partial charge in [0, 0.05) is 12.5 Å². The summed E-state index contributed by atoms with van der Waals surface area (Å²) in [5.41, 5.74) is 0.767. The molecule has 0 aliphatic carbocycles. The minimum atomic E-state index is -0.0383. The fourth-order valence-corrected chi connectivity index (χ4v) is 2.00. The fourth-order valence-electron chi connectivity index (χ4n) is 1.74. The van der Waals surface area contributed by atoms with Gasteiger partial charge in [-0.1, -0.05) is 0 Å². The molecule has 0 amide bonds. The number of aromatic amines is 1. The molecule has 2 rings (SSSR count). The van der Waals surface area contributed by atoms with Gasteiger partial charge in [0.2, 0.25) is 0 Å². The Morgan fingerprint density at radius 3 is 3.00 bits per heavy atom. The van der Waals surface area contributed by atoms with E-state index in [4.69, 9.17) is 4.74 Å². The van der Waals surface area contributed by atoms with Crippen LogP contribution < -0.4 is 5.56 Å². The lowest BCUT2D eigenvalue weighted by atomic mass is 10.0. The third-order valence-corrected chi connectivity index (χ3v) is 3.86. The molecule has 82 valence electrons. The largest absolute Gasteiger partial charge is 0.381 e. The van der Waals surface area contributed by atoms with Crippen molar-refractivity contribution in [2.24, 2.45) is 0 Å². The number of aromatic nitrogens is 2. The van der Waals surface area contributed by atoms with Crippen molar-refractivity contribution in [3.8, 4) is 0 Å². The van der Waals surface area contributed by atoms with Crippen LogP contribution in [0.25, 0.3) is 0 Å². The van der Waals surface area contributed by atoms with E-state index in [0.29, 0.717) is 10.2 Å². The van der Waals surface area contributed by atoms with Crippen molar-refractivity contribution in [2.75, 3.05) is 13.2 Å². The number of hydrogen-bond donors (Lipinski definition) is 1. The molecule has 0 spiro atoms. The van der Waals surface area contributed by atoms with Gasteiger partial charge in [-0.2, -0.15) is 0 Å². The van der Waals surface area contributed by atoms with Crippen LogP contribution in [-0.2, 0) is 4.74 Å². The highest BCUT2D eigenvalue weighted by molar-refractivity contribution is 14.1. The number of H-pyrrole nitrogens is 1. The molecule has 0 bridgehead atoms. The highest BCUT2D eigenvalue weighted by Crippen LogP contribution is 2.22. The van der Waals surface area contributed by atoms with Crippen LogP contribution in [0.2, 0.25) is 0 Å². The number of nitrogens with zero attached hydrogens (tertiary/aromatic N) is 1. The Balaban J connectivity index is 2.32. The van der Waals surface area contributed by atoms with E-state index in [1.165, 1.54) is 0 Å². The van der Waals surface area contributed by atoms with Gasteiger partial charge in [-0.05, 0) is 42.4 Å². The normalized spacial score (nSPS) is 21.6. The molecule has 2 heterocycles. The van der Waals surface area contributed by atoms with Crippen LogP contribution in [0.3, 0.4) is 0 Å². The Bertz CT molecular complexity index is 410. The Hall–Kier alpha value is -0.430. The molecular formula is C10H13IN2O2. The predicted molar refractivity (Wildman–Crippen MR) is 65.1 cm³/mol. The van der Waals surface area contributed by atoms with Crippen molar-refractivity contribution in [1.82, 2.24) is 9.97 Å². The summed E-state index contributed by atoms with van der Waals surface area (Å²) in [5.74, 6) is 1.03. The van der Waals surface area contributed by atoms with E-state index in [9.17, 15) is 4.79 Å². The molecule has 0 aromatic carbocycles. The average molecular weight is 320 g/mol. The molecule has 1 fully saturated rings. The third kappa shape index (κ3) is 2.39. The van der Waals surface area contributed by atoms with E-state index >= 15 is 0 Å². The molecule has 1 aromatic heterocycles. The first kappa shape index (κ1) is 11.1. The van der Waals surface area contributed by atoms with Crippen molar-refractivity contribution in [2.45, 2.75) is 25.7 Å². The van der Waals surface area contributed by atoms with Crippen molar-refractivity contribution in [3.05, 3.63) is 25.4 Å². The van der Waals surface area contributed by atoms with Crippen LogP contribution >= 0.6 is 22.6 Å². The van der Waals surface area contributed by atoms with Gasteiger partial charge in [-0.25, -0.2) is 4.98 Å². The highest BCUT2D eigenvalue weighted by Gasteiger charge is 2.19. The van der Waals surface area contributed by atoms with Gasteiger partial charge in [0.05, 0.1) is 15.9 Å². The zero-order chi connectivity index (χ0) is 10.8. The molecule has 1 saturated heterocycles. The molecule has 1 N–H and O–H groups in total. The lowest BCUT2D eigenvalue weighted by Gasteiger charge is -2.21. The number of ether oxygens (including phenoxy) is 1. The van der Waals surface area contributed by atoms with Gasteiger partial charge in [0.1, 0.15) is 5.82 Å². The summed E-state index contributed by atoms with van der Waals surface area (Å²) < 4.78 is 6.06. The molecule has 0 saturated carbocycles. The van der Waals surface area contributed by atoms with E-state index in [0.717, 1.165) is 31.0 Å². The molecule has 1 unspecified atom stereocenters. The molecule has 4 nitrogen and oxygen atoms in total. The lowest BCUT2D eigenvalue weighted by Crippen LogP contribution is -2.23. The van der Waals surface area contributed by atoms with Gasteiger partial charge >= 0.3 is 0 Å². The monoisotopic (exact) mass is 320 g/mol. The summed E-state index contributed by atoms with van der Waals surface area (Å²) in [7, 11) is 0. The van der Waals surface area contributed by atoms with Crippen LogP contribution in [0.15, 0.2) is 4.79 Å². The van der Waals surface area contributed by atoms with E-state index in [1.54, 1.807) is 0 Å². The lowest BCUT2D eigenvalue weighted by molar-refractivity contribution is 0.0779. The topological polar surface area (TPSA) is 55.0 Å². The zero-order valence-corrected chi connectivity index (χ0v) is 10.7. The van der Waals surface area contributed by atoms with Gasteiger partial charge in [0.15, 0.2) is 0 Å². The summed E-state index contributed by atoms with van der Waals surface area (Å²) in [5, 5.41) is 0. The molecular weight excluding hydrogens is 307 g/mol. The van der Waals surface area contributed by atoms with Crippen molar-refractivity contribution < 1.29 is 4.74 Å². The van der Waals surface area contributed by atoms with Crippen LogP contribution in [0, 0.1) is 10.5 Å². The molecule has 15 heavy (non-hydrogen) atoms. The molecule has 1 aliphatic heterocycles. The number of hydrogen-bond acceptors (Lipinski definition) is 3. The number of rotatable bonds is 1. The Labute approximate surface area is 102 Å². The summed E-state index contributed by atoms with van der Waals surface area (Å²) in [6, 6.07) is 0. The van der Waals surface area contributed by atoms with Crippen molar-refractivity contribution >= 4 is 22.6 Å². The maximum absolute atomic E-state index is 11.6. The maximum Gasteiger partial charge on any atom is 0.264 e. The standard InChI is InChI=1S/C10H13IN2O2/c1-6-8(11)10(14)13-9(12-6)7-3-2-4-15-5-7/h7H,2-5H2,1H3,(H,12,13,14). The van der Waals surface area contributed by atoms with E-state index in [2.05, 4.69) is 9.97 Å². The smallest absolute Gasteiger partial charge is 0.264 e. The summed E-state index contributed by atoms with van der Waals surface area (Å²) in [4.78, 5) is 18.8. The second kappa shape index (κ2) is 4.61. The van der Waals surface area contributed by atoms with Crippen LogP contribution in [0.4, 0.5) is 0 Å². The fraction of sp³-hybridized carbons (Fsp3) is 0.600. The zero-order valence-electron chi connectivity index (χ0n) is 8.55. The van der Waals surface area contributed by atoms with Crippen LogP contribution in [0.1, 0.15) is 30.3 Å². The quantitative estimate of drug-likeness (QED) is 0.800. The van der Waals surface area contributed by atoms with Crippen molar-refractivity contribution in [1.29, 1.82) is 0 Å². The Morgan fingerprint density at radius 1 is 1.60 bits per heavy atom. The first-order valence-corrected chi connectivity index (χ1v) is 6.10. The summed E-state index contributed by atoms with van der Waals surface area (Å²) in [6.45, 7) is 3.36. The second-order valence-corrected chi connectivity index (χ2v) is 4.84. The minimum Gasteiger partial charge on any atom is -0.381 e. The first-order chi connectivity index (χ1) is 7.18. The van der Waals surface area contributed by atoms with Gasteiger partial charge in [0.25, 0.3) is 5.56 Å². The van der Waals surface area contributed by atoms with Crippen molar-refractivity contribution in [3.63, 3.8) is 0 Å². The van der Waals surface area contributed by atoms with E-state index in [-0.39, 0.29) is 11.5 Å². The van der Waals surface area contributed by atoms with E-state index < -0.39 is 0 Å². The van der Waals surface area contributed by atoms with Gasteiger partial charge in [-0.15, -0.1) is 0 Å². The Morgan fingerprint density at radius 2 is 2.40 bits per heavy atom. The number of aryl methyl sites for hydroxylation is 1. The van der Waals surface area contributed by atoms with Crippen LogP contribution in [-0.4, -0.2) is 23.2 Å². The first-order valence-electron chi connectivity index (χ1n) is 5.02. The molecule has 1 aliphatic rings. The number of halogens is 1. The molecule has 0 radical (unpaired) electrons. The summed E-state index contributed by atoms with van der Waals surface area (Å²) >= 11 is 2.02. The molecule has 1 aromatic rings. The highest BCUT2D eigenvalue weighted by atomic mass is 127. The second-order valence-electron chi connectivity index (χ2n) is 3.76. The van der Waals surface area contributed by atoms with Gasteiger partial charge < -0.3 is 9.72 Å².